The van der Waals surface area contributed by atoms with Crippen LogP contribution in [-0.4, -0.2) is 34.2 Å². The third-order valence-corrected chi connectivity index (χ3v) is 6.14. The molecule has 4 nitrogen and oxygen atoms in total. The summed E-state index contributed by atoms with van der Waals surface area (Å²) in [6.45, 7) is 9.11. The highest BCUT2D eigenvalue weighted by Crippen LogP contribution is 2.34. The van der Waals surface area contributed by atoms with E-state index in [1.54, 1.807) is 0 Å². The van der Waals surface area contributed by atoms with Gasteiger partial charge in [0.25, 0.3) is 0 Å². The van der Waals surface area contributed by atoms with Crippen LogP contribution in [0.3, 0.4) is 0 Å². The van der Waals surface area contributed by atoms with Crippen molar-refractivity contribution >= 4 is 23.3 Å². The summed E-state index contributed by atoms with van der Waals surface area (Å²) in [6, 6.07) is 0. The number of allylic oxidation sites excluding steroid dienone is 2. The Balaban J connectivity index is 2.87. The predicted octanol–water partition coefficient (Wildman–Crippen LogP) is 6.45. The van der Waals surface area contributed by atoms with Crippen LogP contribution in [-0.2, 0) is 9.63 Å². The average Bonchev–Trinajstić information content (AvgIpc) is 2.61. The van der Waals surface area contributed by atoms with Crippen LogP contribution in [0, 0.1) is 5.92 Å². The quantitative estimate of drug-likeness (QED) is 0.208. The standard InChI is InChI=1S/C22H39NO3S/c1-5-9-10-12-19(23-26-13-7-3)22-20(24)15-17(16-21(22)25)14-18(11-6-2)27-8-4/h17-18,24H,5-16H2,1-4H3/b23-19-. The molecule has 0 heterocycles. The highest BCUT2D eigenvalue weighted by atomic mass is 32.2. The van der Waals surface area contributed by atoms with Gasteiger partial charge in [0, 0.05) is 18.1 Å². The number of hydrogen-bond donors (Lipinski definition) is 1. The Labute approximate surface area is 170 Å². The summed E-state index contributed by atoms with van der Waals surface area (Å²) in [7, 11) is 0. The van der Waals surface area contributed by atoms with Crippen LogP contribution >= 0.6 is 11.8 Å². The van der Waals surface area contributed by atoms with Gasteiger partial charge in [0.05, 0.1) is 11.3 Å². The number of rotatable bonds is 14. The highest BCUT2D eigenvalue weighted by molar-refractivity contribution is 7.99. The van der Waals surface area contributed by atoms with E-state index in [1.165, 1.54) is 6.42 Å². The molecule has 0 aromatic carbocycles. The number of oxime groups is 1. The maximum atomic E-state index is 12.9. The van der Waals surface area contributed by atoms with Crippen molar-refractivity contribution in [2.24, 2.45) is 11.1 Å². The number of ketones is 1. The molecule has 0 aromatic heterocycles. The van der Waals surface area contributed by atoms with Gasteiger partial charge in [-0.25, -0.2) is 0 Å². The monoisotopic (exact) mass is 397 g/mol. The van der Waals surface area contributed by atoms with E-state index in [-0.39, 0.29) is 17.5 Å². The smallest absolute Gasteiger partial charge is 0.168 e. The molecule has 0 aromatic rings. The minimum absolute atomic E-state index is 0.0378. The minimum atomic E-state index is 0.0378. The van der Waals surface area contributed by atoms with Crippen molar-refractivity contribution < 1.29 is 14.7 Å². The molecule has 27 heavy (non-hydrogen) atoms. The van der Waals surface area contributed by atoms with Gasteiger partial charge in [0.1, 0.15) is 12.4 Å². The summed E-state index contributed by atoms with van der Waals surface area (Å²) in [6.07, 6.45) is 9.18. The van der Waals surface area contributed by atoms with Crippen molar-refractivity contribution in [3.05, 3.63) is 11.3 Å². The molecule has 1 N–H and O–H groups in total. The molecule has 0 fully saturated rings. The van der Waals surface area contributed by atoms with E-state index in [2.05, 4.69) is 25.9 Å². The van der Waals surface area contributed by atoms with Crippen molar-refractivity contribution in [1.82, 2.24) is 0 Å². The summed E-state index contributed by atoms with van der Waals surface area (Å²) in [5, 5.41) is 15.5. The van der Waals surface area contributed by atoms with E-state index in [9.17, 15) is 9.90 Å². The number of carbonyl (C=O) groups excluding carboxylic acids is 1. The summed E-state index contributed by atoms with van der Waals surface area (Å²) in [4.78, 5) is 18.2. The third kappa shape index (κ3) is 8.71. The van der Waals surface area contributed by atoms with Gasteiger partial charge in [0.2, 0.25) is 0 Å². The van der Waals surface area contributed by atoms with Gasteiger partial charge < -0.3 is 9.94 Å². The summed E-state index contributed by atoms with van der Waals surface area (Å²) >= 11 is 1.98. The molecule has 2 unspecified atom stereocenters. The fourth-order valence-corrected chi connectivity index (χ4v) is 4.92. The van der Waals surface area contributed by atoms with Crippen LogP contribution in [0.1, 0.15) is 91.9 Å². The molecule has 0 amide bonds. The number of aliphatic hydroxyl groups excluding tert-OH is 1. The second-order valence-corrected chi connectivity index (χ2v) is 9.03. The van der Waals surface area contributed by atoms with Crippen LogP contribution in [0.5, 0.6) is 0 Å². The van der Waals surface area contributed by atoms with Crippen molar-refractivity contribution in [3.63, 3.8) is 0 Å². The molecular formula is C22H39NO3S. The first-order valence-corrected chi connectivity index (χ1v) is 11.9. The topological polar surface area (TPSA) is 58.9 Å². The van der Waals surface area contributed by atoms with E-state index in [0.29, 0.717) is 42.4 Å². The maximum absolute atomic E-state index is 12.9. The first-order chi connectivity index (χ1) is 13.1. The lowest BCUT2D eigenvalue weighted by Gasteiger charge is -2.27. The largest absolute Gasteiger partial charge is 0.511 e. The van der Waals surface area contributed by atoms with Crippen LogP contribution in [0.25, 0.3) is 0 Å². The lowest BCUT2D eigenvalue weighted by atomic mass is 9.81. The zero-order valence-electron chi connectivity index (χ0n) is 17.8. The molecule has 156 valence electrons. The van der Waals surface area contributed by atoms with Crippen molar-refractivity contribution in [1.29, 1.82) is 0 Å². The summed E-state index contributed by atoms with van der Waals surface area (Å²) in [5.41, 5.74) is 1.08. The number of thioether (sulfide) groups is 1. The fraction of sp³-hybridized carbons (Fsp3) is 0.818. The number of carbonyl (C=O) groups is 1. The van der Waals surface area contributed by atoms with Crippen LogP contribution in [0.15, 0.2) is 16.5 Å². The highest BCUT2D eigenvalue weighted by Gasteiger charge is 2.32. The van der Waals surface area contributed by atoms with Crippen LogP contribution in [0.2, 0.25) is 0 Å². The lowest BCUT2D eigenvalue weighted by Crippen LogP contribution is -2.26. The van der Waals surface area contributed by atoms with Gasteiger partial charge in [-0.1, -0.05) is 52.1 Å². The number of Topliss-reactive ketones (excluding diaryl/α,β-unsaturated/α-hetero) is 1. The van der Waals surface area contributed by atoms with Crippen molar-refractivity contribution in [3.8, 4) is 0 Å². The second kappa shape index (κ2) is 14.1. The van der Waals surface area contributed by atoms with Gasteiger partial charge in [0.15, 0.2) is 5.78 Å². The molecule has 0 spiro atoms. The number of aliphatic hydroxyl groups is 1. The Morgan fingerprint density at radius 1 is 1.19 bits per heavy atom. The predicted molar refractivity (Wildman–Crippen MR) is 117 cm³/mol. The zero-order chi connectivity index (χ0) is 20.1. The second-order valence-electron chi connectivity index (χ2n) is 7.45. The Hall–Kier alpha value is -0.970. The Kier molecular flexibility index (Phi) is 12.6. The van der Waals surface area contributed by atoms with Crippen LogP contribution in [0.4, 0.5) is 0 Å². The number of nitrogens with zero attached hydrogens (tertiary/aromatic N) is 1. The Bertz CT molecular complexity index is 496. The van der Waals surface area contributed by atoms with Crippen LogP contribution < -0.4 is 0 Å². The van der Waals surface area contributed by atoms with Crippen molar-refractivity contribution in [2.75, 3.05) is 12.4 Å². The molecule has 1 aliphatic rings. The van der Waals surface area contributed by atoms with Gasteiger partial charge in [-0.15, -0.1) is 0 Å². The van der Waals surface area contributed by atoms with E-state index in [1.807, 2.05) is 18.7 Å². The maximum Gasteiger partial charge on any atom is 0.168 e. The molecule has 0 saturated heterocycles. The van der Waals surface area contributed by atoms with Gasteiger partial charge in [-0.3, -0.25) is 4.79 Å². The fourth-order valence-electron chi connectivity index (χ4n) is 3.64. The molecule has 0 bridgehead atoms. The molecule has 0 aliphatic heterocycles. The minimum Gasteiger partial charge on any atom is -0.511 e. The Morgan fingerprint density at radius 3 is 2.56 bits per heavy atom. The van der Waals surface area contributed by atoms with Gasteiger partial charge in [-0.05, 0) is 43.8 Å². The molecule has 0 radical (unpaired) electrons. The SMILES string of the molecule is CCCCC/C(=N/OCCC)C1=C(O)CC(CC(CCC)SCC)CC1=O. The zero-order valence-corrected chi connectivity index (χ0v) is 18.6. The third-order valence-electron chi connectivity index (χ3n) is 4.91. The first kappa shape index (κ1) is 24.1. The number of hydrogen-bond acceptors (Lipinski definition) is 5. The van der Waals surface area contributed by atoms with E-state index < -0.39 is 0 Å². The average molecular weight is 398 g/mol. The molecular weight excluding hydrogens is 358 g/mol. The van der Waals surface area contributed by atoms with E-state index in [0.717, 1.165) is 44.3 Å². The molecule has 2 atom stereocenters. The van der Waals surface area contributed by atoms with Gasteiger partial charge in [-0.2, -0.15) is 11.8 Å². The molecule has 0 saturated carbocycles. The molecule has 5 heteroatoms. The molecule has 1 aliphatic carbocycles. The molecule has 1 rings (SSSR count). The Morgan fingerprint density at radius 2 is 1.96 bits per heavy atom. The summed E-state index contributed by atoms with van der Waals surface area (Å²) < 4.78 is 0. The van der Waals surface area contributed by atoms with E-state index >= 15 is 0 Å². The number of unbranched alkanes of at least 4 members (excludes halogenated alkanes) is 2. The van der Waals surface area contributed by atoms with Gasteiger partial charge >= 0.3 is 0 Å². The summed E-state index contributed by atoms with van der Waals surface area (Å²) in [5.74, 6) is 1.60. The van der Waals surface area contributed by atoms with Crippen molar-refractivity contribution in [2.45, 2.75) is 97.2 Å². The first-order valence-electron chi connectivity index (χ1n) is 10.8. The van der Waals surface area contributed by atoms with E-state index in [4.69, 9.17) is 4.84 Å². The normalized spacial score (nSPS) is 19.5. The lowest BCUT2D eigenvalue weighted by molar-refractivity contribution is -0.116.